The van der Waals surface area contributed by atoms with Crippen LogP contribution in [0, 0.1) is 23.7 Å². The third-order valence-electron chi connectivity index (χ3n) is 11.3. The van der Waals surface area contributed by atoms with Gasteiger partial charge in [0.2, 0.25) is 12.7 Å². The Balaban J connectivity index is 1.10. The third-order valence-corrected chi connectivity index (χ3v) is 11.3. The molecule has 10 atom stereocenters. The summed E-state index contributed by atoms with van der Waals surface area (Å²) in [6.45, 7) is 3.90. The van der Waals surface area contributed by atoms with Crippen molar-refractivity contribution in [2.24, 2.45) is 17.6 Å². The Morgan fingerprint density at radius 1 is 1.00 bits per heavy atom. The van der Waals surface area contributed by atoms with Gasteiger partial charge in [-0.05, 0) is 55.3 Å². The minimum Gasteiger partial charge on any atom is -0.508 e. The number of nitrogens with one attached hydrogen (secondary N) is 1. The van der Waals surface area contributed by atoms with Gasteiger partial charge in [0.25, 0.3) is 0 Å². The second-order valence-electron chi connectivity index (χ2n) is 15.9. The number of hydrogen-bond donors (Lipinski definition) is 6. The van der Waals surface area contributed by atoms with E-state index >= 15 is 0 Å². The molecule has 60 heavy (non-hydrogen) atoms. The number of hydrogen-bond acceptors (Lipinski definition) is 16. The summed E-state index contributed by atoms with van der Waals surface area (Å²) in [5.74, 6) is 3.64. The number of benzene rings is 3. The SMILES string of the molecule is CN[C@H]1CC#C[C@H](C(=O)O)C(=O)OC[C@H]2O[C@@H](OC[C@H]1N)[C@H](OOc1cc3c(cc1Cc1cccc(O)c1)OC[C@@H]1c4cc5c(c(CC(C)C)c4O[C@H]31)OCO5)[C@@H](O)[C@@H]2O. The zero-order valence-corrected chi connectivity index (χ0v) is 33.2. The molecule has 5 aliphatic rings. The number of aliphatic hydroxyl groups is 2. The summed E-state index contributed by atoms with van der Waals surface area (Å²) in [6, 6.07) is 11.0. The number of aliphatic carboxylic acids is 1. The Hall–Kier alpha value is -5.32. The molecule has 0 unspecified atom stereocenters. The van der Waals surface area contributed by atoms with Gasteiger partial charge in [-0.1, -0.05) is 31.9 Å². The van der Waals surface area contributed by atoms with E-state index in [1.165, 1.54) is 0 Å². The fourth-order valence-corrected chi connectivity index (χ4v) is 8.12. The van der Waals surface area contributed by atoms with E-state index in [1.807, 2.05) is 18.2 Å². The summed E-state index contributed by atoms with van der Waals surface area (Å²) in [7, 11) is 1.64. The molecule has 5 heterocycles. The molecule has 3 aromatic rings. The van der Waals surface area contributed by atoms with Crippen LogP contribution in [0.15, 0.2) is 42.5 Å². The molecule has 1 fully saturated rings. The largest absolute Gasteiger partial charge is 0.508 e. The third kappa shape index (κ3) is 8.24. The van der Waals surface area contributed by atoms with E-state index in [4.69, 9.17) is 48.7 Å². The monoisotopic (exact) mass is 832 g/mol. The molecule has 3 aromatic carbocycles. The van der Waals surface area contributed by atoms with Gasteiger partial charge in [-0.2, -0.15) is 4.89 Å². The van der Waals surface area contributed by atoms with Gasteiger partial charge in [0.05, 0.1) is 19.1 Å². The molecule has 0 radical (unpaired) electrons. The van der Waals surface area contributed by atoms with E-state index in [1.54, 1.807) is 31.3 Å². The van der Waals surface area contributed by atoms with Gasteiger partial charge in [0.15, 0.2) is 29.6 Å². The number of phenolic OH excluding ortho intramolecular Hbond substituents is 1. The summed E-state index contributed by atoms with van der Waals surface area (Å²) >= 11 is 0. The molecule has 7 N–H and O–H groups in total. The number of ether oxygens (including phenoxy) is 7. The first-order valence-electron chi connectivity index (χ1n) is 19.9. The molecular weight excluding hydrogens is 784 g/mol. The van der Waals surface area contributed by atoms with Gasteiger partial charge in [-0.25, -0.2) is 0 Å². The summed E-state index contributed by atoms with van der Waals surface area (Å²) in [4.78, 5) is 36.7. The van der Waals surface area contributed by atoms with E-state index in [-0.39, 0.29) is 43.7 Å². The summed E-state index contributed by atoms with van der Waals surface area (Å²) in [5, 5.41) is 45.6. The number of cyclic esters (lactones) is 1. The number of fused-ring (bicyclic) bond motifs is 8. The number of esters is 1. The standard InChI is InChI=1S/C43H48N2O15/c1-20(2)10-27-37-25(14-33-39(27)56-19-55-33)28-16-52-32-13-22(11-21-6-4-7-23(46)12-21)31(15-26(32)38(28)58-37)59-60-40-36(48)35(47)34-18-53-42(51)24(41(49)50)8-5-9-30(45-3)29(44)17-54-43(40)57-34/h4,6-7,12-15,20,24,28-30,34-36,38,40,43,45-48H,9-11,16-19,44H2,1-3H3,(H,49,50)/t24-,28-,29-,30+,34-,35-,36+,38-,40-,43-/m1/s1. The van der Waals surface area contributed by atoms with Crippen LogP contribution in [0.25, 0.3) is 0 Å². The number of likely N-dealkylation sites (N-methyl/N-ethyl adjacent to an activating group) is 1. The van der Waals surface area contributed by atoms with Gasteiger partial charge in [-0.15, -0.1) is 5.92 Å². The number of carbonyl (C=O) groups excluding carboxylic acids is 1. The van der Waals surface area contributed by atoms with Crippen LogP contribution in [0.2, 0.25) is 0 Å². The molecule has 5 aliphatic heterocycles. The van der Waals surface area contributed by atoms with Crippen LogP contribution in [0.4, 0.5) is 0 Å². The zero-order valence-electron chi connectivity index (χ0n) is 33.2. The highest BCUT2D eigenvalue weighted by molar-refractivity contribution is 5.97. The van der Waals surface area contributed by atoms with Crippen molar-refractivity contribution in [2.45, 2.75) is 87.9 Å². The Labute approximate surface area is 345 Å². The Morgan fingerprint density at radius 3 is 2.60 bits per heavy atom. The predicted octanol–water partition coefficient (Wildman–Crippen LogP) is 2.23. The minimum atomic E-state index is -1.80. The Kier molecular flexibility index (Phi) is 12.0. The lowest BCUT2D eigenvalue weighted by atomic mass is 9.86. The van der Waals surface area contributed by atoms with Crippen molar-refractivity contribution >= 4 is 11.9 Å². The highest BCUT2D eigenvalue weighted by Crippen LogP contribution is 2.57. The van der Waals surface area contributed by atoms with Crippen molar-refractivity contribution in [1.29, 1.82) is 0 Å². The Morgan fingerprint density at radius 2 is 1.83 bits per heavy atom. The molecule has 8 rings (SSSR count). The van der Waals surface area contributed by atoms with Crippen molar-refractivity contribution in [1.82, 2.24) is 5.32 Å². The fourth-order valence-electron chi connectivity index (χ4n) is 8.12. The number of carboxylic acids is 1. The number of rotatable bonds is 9. The normalized spacial score (nSPS) is 29.4. The number of carboxylic acid groups (broad SMARTS) is 1. The smallest absolute Gasteiger partial charge is 0.332 e. The predicted molar refractivity (Wildman–Crippen MR) is 207 cm³/mol. The van der Waals surface area contributed by atoms with Gasteiger partial charge >= 0.3 is 11.9 Å². The van der Waals surface area contributed by atoms with Gasteiger partial charge in [0, 0.05) is 47.2 Å². The molecule has 0 aliphatic carbocycles. The van der Waals surface area contributed by atoms with E-state index in [0.29, 0.717) is 47.3 Å². The topological polar surface area (TPSA) is 236 Å². The lowest BCUT2D eigenvalue weighted by molar-refractivity contribution is -0.373. The summed E-state index contributed by atoms with van der Waals surface area (Å²) < 4.78 is 42.2. The van der Waals surface area contributed by atoms with Crippen LogP contribution in [0.5, 0.6) is 34.5 Å². The van der Waals surface area contributed by atoms with Crippen LogP contribution in [-0.4, -0.2) is 109 Å². The average molecular weight is 833 g/mol. The fraction of sp³-hybridized carbons (Fsp3) is 0.488. The second kappa shape index (κ2) is 17.3. The first kappa shape index (κ1) is 41.4. The van der Waals surface area contributed by atoms with E-state index in [9.17, 15) is 30.0 Å². The number of phenols is 1. The zero-order chi connectivity index (χ0) is 42.2. The molecule has 0 spiro atoms. The van der Waals surface area contributed by atoms with Crippen LogP contribution < -0.4 is 34.9 Å². The molecule has 2 bridgehead atoms. The molecule has 0 amide bonds. The average Bonchev–Trinajstić information content (AvgIpc) is 3.85. The lowest BCUT2D eigenvalue weighted by Crippen LogP contribution is -2.61. The highest BCUT2D eigenvalue weighted by Gasteiger charge is 2.49. The van der Waals surface area contributed by atoms with E-state index < -0.39 is 73.4 Å². The van der Waals surface area contributed by atoms with Crippen LogP contribution in [-0.2, 0) is 41.5 Å². The quantitative estimate of drug-likeness (QED) is 0.0596. The number of aliphatic hydroxyl groups excluding tert-OH is 2. The van der Waals surface area contributed by atoms with Crippen LogP contribution in [0.1, 0.15) is 60.1 Å². The van der Waals surface area contributed by atoms with Crippen molar-refractivity contribution in [2.75, 3.05) is 33.7 Å². The van der Waals surface area contributed by atoms with Crippen LogP contribution >= 0.6 is 0 Å². The number of aromatic hydroxyl groups is 1. The lowest BCUT2D eigenvalue weighted by Gasteiger charge is -2.41. The first-order valence-corrected chi connectivity index (χ1v) is 19.9. The molecule has 17 nitrogen and oxygen atoms in total. The molecule has 17 heteroatoms. The first-order chi connectivity index (χ1) is 28.9. The molecule has 0 aromatic heterocycles. The minimum absolute atomic E-state index is 0.0696. The summed E-state index contributed by atoms with van der Waals surface area (Å²) in [5.41, 5.74) is 10.3. The highest BCUT2D eigenvalue weighted by atomic mass is 17.2. The number of carbonyl (C=O) groups is 2. The van der Waals surface area contributed by atoms with Crippen molar-refractivity contribution in [3.8, 4) is 46.3 Å². The van der Waals surface area contributed by atoms with Crippen molar-refractivity contribution < 1.29 is 72.9 Å². The van der Waals surface area contributed by atoms with Gasteiger partial charge in [-0.3, -0.25) is 9.59 Å². The van der Waals surface area contributed by atoms with Crippen LogP contribution in [0.3, 0.4) is 0 Å². The maximum Gasteiger partial charge on any atom is 0.332 e. The second-order valence-corrected chi connectivity index (χ2v) is 15.9. The molecular formula is C43H48N2O15. The van der Waals surface area contributed by atoms with Gasteiger partial charge < -0.3 is 69.5 Å². The molecule has 0 saturated carbocycles. The van der Waals surface area contributed by atoms with Crippen molar-refractivity contribution in [3.05, 3.63) is 70.3 Å². The maximum atomic E-state index is 12.8. The summed E-state index contributed by atoms with van der Waals surface area (Å²) in [6.07, 6.45) is -7.19. The Bertz CT molecular complexity index is 2170. The van der Waals surface area contributed by atoms with E-state index in [0.717, 1.165) is 22.4 Å². The maximum absolute atomic E-state index is 12.8. The van der Waals surface area contributed by atoms with E-state index in [2.05, 4.69) is 31.0 Å². The van der Waals surface area contributed by atoms with Gasteiger partial charge in [0.1, 0.15) is 48.3 Å². The number of nitrogens with two attached hydrogens (primary N) is 1. The molecule has 1 saturated heterocycles. The van der Waals surface area contributed by atoms with Crippen molar-refractivity contribution in [3.63, 3.8) is 0 Å². The molecule has 320 valence electrons.